The number of nitrogens with one attached hydrogen (secondary N) is 1. The second-order valence-electron chi connectivity index (χ2n) is 9.78. The second-order valence-corrected chi connectivity index (χ2v) is 9.78. The predicted molar refractivity (Wildman–Crippen MR) is 108 cm³/mol. The van der Waals surface area contributed by atoms with Gasteiger partial charge in [-0.1, -0.05) is 0 Å². The number of rotatable bonds is 2. The van der Waals surface area contributed by atoms with Crippen LogP contribution >= 0.6 is 0 Å². The molecule has 2 aliphatic rings. The van der Waals surface area contributed by atoms with Crippen molar-refractivity contribution in [1.29, 1.82) is 5.26 Å². The minimum absolute atomic E-state index is 0.000597. The first-order valence-corrected chi connectivity index (χ1v) is 9.68. The normalized spacial score (nSPS) is 23.4. The lowest BCUT2D eigenvalue weighted by Crippen LogP contribution is -2.58. The molecule has 3 heterocycles. The summed E-state index contributed by atoms with van der Waals surface area (Å²) in [4.78, 5) is 25.6. The highest BCUT2D eigenvalue weighted by Gasteiger charge is 2.41. The topological polar surface area (TPSA) is 84.1 Å². The molecule has 0 radical (unpaired) electrons. The van der Waals surface area contributed by atoms with E-state index in [1.165, 1.54) is 0 Å². The highest BCUT2D eigenvalue weighted by atomic mass is 16.6. The molecule has 150 valence electrons. The standard InChI is InChI=1S/C22H29N3O3/c1-13-17(19(27)28-22(13,6)7)15-8-9-25(18(26)16(15)12-23)14-10-20(2,3)24-21(4,5)11-14/h8-9,14,24H,10-11H2,1-7H3. The maximum atomic E-state index is 13.2. The van der Waals surface area contributed by atoms with Crippen LogP contribution in [-0.4, -0.2) is 27.2 Å². The van der Waals surface area contributed by atoms with E-state index in [-0.39, 0.29) is 28.2 Å². The fourth-order valence-corrected chi connectivity index (χ4v) is 4.74. The fourth-order valence-electron chi connectivity index (χ4n) is 4.74. The quantitative estimate of drug-likeness (QED) is 0.792. The van der Waals surface area contributed by atoms with Crippen LogP contribution in [0.25, 0.3) is 5.57 Å². The monoisotopic (exact) mass is 383 g/mol. The summed E-state index contributed by atoms with van der Waals surface area (Å²) in [5.74, 6) is -0.486. The molecule has 0 bridgehead atoms. The fraction of sp³-hybridized carbons (Fsp3) is 0.591. The zero-order chi connectivity index (χ0) is 21.1. The Kier molecular flexibility index (Phi) is 4.59. The van der Waals surface area contributed by atoms with Crippen molar-refractivity contribution >= 4 is 11.5 Å². The Bertz CT molecular complexity index is 958. The molecule has 0 unspecified atom stereocenters. The second kappa shape index (κ2) is 6.31. The molecule has 1 fully saturated rings. The number of hydrogen-bond acceptors (Lipinski definition) is 5. The van der Waals surface area contributed by atoms with Crippen LogP contribution < -0.4 is 10.9 Å². The molecule has 0 aromatic carbocycles. The number of piperidine rings is 1. The van der Waals surface area contributed by atoms with Crippen LogP contribution in [0, 0.1) is 11.3 Å². The molecule has 0 amide bonds. The number of nitriles is 1. The van der Waals surface area contributed by atoms with Crippen molar-refractivity contribution in [1.82, 2.24) is 9.88 Å². The van der Waals surface area contributed by atoms with Crippen molar-refractivity contribution in [3.63, 3.8) is 0 Å². The molecule has 1 aromatic heterocycles. The van der Waals surface area contributed by atoms with Crippen molar-refractivity contribution in [2.75, 3.05) is 0 Å². The zero-order valence-electron chi connectivity index (χ0n) is 17.8. The Morgan fingerprint density at radius 3 is 2.18 bits per heavy atom. The van der Waals surface area contributed by atoms with E-state index in [1.807, 2.05) is 13.0 Å². The number of aromatic nitrogens is 1. The van der Waals surface area contributed by atoms with Crippen LogP contribution in [0.2, 0.25) is 0 Å². The molecular weight excluding hydrogens is 354 g/mol. The molecule has 6 heteroatoms. The van der Waals surface area contributed by atoms with Crippen molar-refractivity contribution in [2.24, 2.45) is 0 Å². The van der Waals surface area contributed by atoms with Crippen LogP contribution in [0.1, 0.15) is 78.5 Å². The Morgan fingerprint density at radius 2 is 1.71 bits per heavy atom. The highest BCUT2D eigenvalue weighted by Crippen LogP contribution is 2.39. The smallest absolute Gasteiger partial charge is 0.339 e. The largest absolute Gasteiger partial charge is 0.451 e. The van der Waals surface area contributed by atoms with E-state index in [4.69, 9.17) is 4.74 Å². The third-order valence-electron chi connectivity index (χ3n) is 5.89. The SMILES string of the molecule is CC1=C(c2ccn(C3CC(C)(C)NC(C)(C)C3)c(=O)c2C#N)C(=O)OC1(C)C. The van der Waals surface area contributed by atoms with Gasteiger partial charge in [-0.25, -0.2) is 4.79 Å². The molecule has 2 aliphatic heterocycles. The van der Waals surface area contributed by atoms with Gasteiger partial charge in [0.25, 0.3) is 5.56 Å². The average molecular weight is 383 g/mol. The lowest BCUT2D eigenvalue weighted by molar-refractivity contribution is -0.142. The lowest BCUT2D eigenvalue weighted by Gasteiger charge is -2.47. The van der Waals surface area contributed by atoms with E-state index >= 15 is 0 Å². The molecule has 1 N–H and O–H groups in total. The number of hydrogen-bond donors (Lipinski definition) is 1. The number of carbonyl (C=O) groups excluding carboxylic acids is 1. The summed E-state index contributed by atoms with van der Waals surface area (Å²) in [6.45, 7) is 13.9. The first-order valence-electron chi connectivity index (χ1n) is 9.68. The number of pyridine rings is 1. The van der Waals surface area contributed by atoms with Gasteiger partial charge < -0.3 is 14.6 Å². The molecule has 6 nitrogen and oxygen atoms in total. The van der Waals surface area contributed by atoms with Gasteiger partial charge in [-0.2, -0.15) is 5.26 Å². The van der Waals surface area contributed by atoms with Crippen molar-refractivity contribution < 1.29 is 9.53 Å². The van der Waals surface area contributed by atoms with Crippen molar-refractivity contribution in [3.8, 4) is 6.07 Å². The lowest BCUT2D eigenvalue weighted by atomic mass is 9.79. The Balaban J connectivity index is 2.13. The molecule has 1 saturated heterocycles. The summed E-state index contributed by atoms with van der Waals surface area (Å²) < 4.78 is 7.09. The Hall–Kier alpha value is -2.39. The molecule has 0 atom stereocenters. The highest BCUT2D eigenvalue weighted by molar-refractivity contribution is 6.20. The minimum Gasteiger partial charge on any atom is -0.451 e. The van der Waals surface area contributed by atoms with Gasteiger partial charge in [0, 0.05) is 28.9 Å². The Morgan fingerprint density at radius 1 is 1.14 bits per heavy atom. The molecular formula is C22H29N3O3. The summed E-state index contributed by atoms with van der Waals surface area (Å²) in [5.41, 5.74) is 0.0797. The average Bonchev–Trinajstić information content (AvgIpc) is 2.71. The molecule has 3 rings (SSSR count). The van der Waals surface area contributed by atoms with E-state index in [9.17, 15) is 14.9 Å². The van der Waals surface area contributed by atoms with E-state index in [2.05, 4.69) is 33.0 Å². The Labute approximate surface area is 166 Å². The predicted octanol–water partition coefficient (Wildman–Crippen LogP) is 3.31. The number of esters is 1. The molecule has 0 aliphatic carbocycles. The van der Waals surface area contributed by atoms with Gasteiger partial charge in [0.05, 0.1) is 5.57 Å². The van der Waals surface area contributed by atoms with E-state index in [1.54, 1.807) is 30.7 Å². The molecule has 28 heavy (non-hydrogen) atoms. The summed E-state index contributed by atoms with van der Waals surface area (Å²) in [5, 5.41) is 13.3. The van der Waals surface area contributed by atoms with Crippen molar-refractivity contribution in [2.45, 2.75) is 84.0 Å². The first kappa shape index (κ1) is 20.3. The van der Waals surface area contributed by atoms with E-state index < -0.39 is 11.6 Å². The van der Waals surface area contributed by atoms with Gasteiger partial charge in [0.1, 0.15) is 17.2 Å². The van der Waals surface area contributed by atoms with Gasteiger partial charge in [-0.15, -0.1) is 0 Å². The van der Waals surface area contributed by atoms with Crippen LogP contribution in [0.4, 0.5) is 0 Å². The maximum absolute atomic E-state index is 13.2. The number of carbonyl (C=O) groups is 1. The molecule has 1 aromatic rings. The van der Waals surface area contributed by atoms with Gasteiger partial charge in [-0.3, -0.25) is 4.79 Å². The number of cyclic esters (lactones) is 1. The zero-order valence-corrected chi connectivity index (χ0v) is 17.8. The first-order chi connectivity index (χ1) is 12.8. The molecule has 0 spiro atoms. The van der Waals surface area contributed by atoms with Gasteiger partial charge in [-0.05, 0) is 72.9 Å². The van der Waals surface area contributed by atoms with Gasteiger partial charge in [0.2, 0.25) is 0 Å². The number of ether oxygens (including phenoxy) is 1. The van der Waals surface area contributed by atoms with Gasteiger partial charge >= 0.3 is 5.97 Å². The van der Waals surface area contributed by atoms with Gasteiger partial charge in [0.15, 0.2) is 0 Å². The van der Waals surface area contributed by atoms with Crippen molar-refractivity contribution in [3.05, 3.63) is 39.3 Å². The molecule has 0 saturated carbocycles. The third kappa shape index (κ3) is 3.40. The summed E-state index contributed by atoms with van der Waals surface area (Å²) in [6, 6.07) is 3.73. The van der Waals surface area contributed by atoms with Crippen LogP contribution in [0.5, 0.6) is 0 Å². The van der Waals surface area contributed by atoms with E-state index in [0.717, 1.165) is 18.4 Å². The maximum Gasteiger partial charge on any atom is 0.339 e. The minimum atomic E-state index is -0.739. The summed E-state index contributed by atoms with van der Waals surface area (Å²) >= 11 is 0. The van der Waals surface area contributed by atoms with Crippen LogP contribution in [0.3, 0.4) is 0 Å². The summed E-state index contributed by atoms with van der Waals surface area (Å²) in [6.07, 6.45) is 3.27. The van der Waals surface area contributed by atoms with E-state index in [0.29, 0.717) is 11.1 Å². The van der Waals surface area contributed by atoms with Crippen LogP contribution in [-0.2, 0) is 9.53 Å². The number of nitrogens with zero attached hydrogens (tertiary/aromatic N) is 2. The summed E-state index contributed by atoms with van der Waals surface area (Å²) in [7, 11) is 0. The van der Waals surface area contributed by atoms with Crippen LogP contribution in [0.15, 0.2) is 22.6 Å². The third-order valence-corrected chi connectivity index (χ3v) is 5.89.